The summed E-state index contributed by atoms with van der Waals surface area (Å²) in [5.74, 6) is 0. The molecule has 0 amide bonds. The summed E-state index contributed by atoms with van der Waals surface area (Å²) in [6.07, 6.45) is 0. The molecule has 0 aliphatic rings. The molecule has 0 aliphatic carbocycles. The standard InChI is InChI=1S/C15H12Br2N2/c1-10-7-11(8-18)5-6-12(10)9-19-15-13(16)3-2-4-14(15)17/h2-7,19H,9H2,1H3. The summed E-state index contributed by atoms with van der Waals surface area (Å²) < 4.78 is 2.04. The van der Waals surface area contributed by atoms with E-state index in [1.807, 2.05) is 43.3 Å². The quantitative estimate of drug-likeness (QED) is 0.813. The Labute approximate surface area is 129 Å². The van der Waals surface area contributed by atoms with E-state index in [1.54, 1.807) is 0 Å². The Balaban J connectivity index is 2.17. The molecule has 4 heteroatoms. The first-order valence-corrected chi connectivity index (χ1v) is 7.38. The third-order valence-electron chi connectivity index (χ3n) is 2.89. The van der Waals surface area contributed by atoms with Gasteiger partial charge in [-0.05, 0) is 74.2 Å². The van der Waals surface area contributed by atoms with Gasteiger partial charge in [0.2, 0.25) is 0 Å². The SMILES string of the molecule is Cc1cc(C#N)ccc1CNc1c(Br)cccc1Br. The number of hydrogen-bond acceptors (Lipinski definition) is 2. The van der Waals surface area contributed by atoms with Gasteiger partial charge in [-0.3, -0.25) is 0 Å². The Bertz CT molecular complexity index is 625. The highest BCUT2D eigenvalue weighted by Gasteiger charge is 2.05. The molecule has 0 aliphatic heterocycles. The number of nitrogens with one attached hydrogen (secondary N) is 1. The van der Waals surface area contributed by atoms with Gasteiger partial charge in [0.15, 0.2) is 0 Å². The lowest BCUT2D eigenvalue weighted by Crippen LogP contribution is -2.02. The first-order chi connectivity index (χ1) is 9.11. The molecule has 0 atom stereocenters. The lowest BCUT2D eigenvalue weighted by Gasteiger charge is -2.12. The Kier molecular flexibility index (Phi) is 4.62. The minimum atomic E-state index is 0.698. The number of benzene rings is 2. The van der Waals surface area contributed by atoms with Crippen molar-refractivity contribution in [2.75, 3.05) is 5.32 Å². The van der Waals surface area contributed by atoms with Crippen LogP contribution in [0.1, 0.15) is 16.7 Å². The van der Waals surface area contributed by atoms with Gasteiger partial charge in [0.05, 0.1) is 17.3 Å². The van der Waals surface area contributed by atoms with Crippen molar-refractivity contribution in [3.05, 3.63) is 62.0 Å². The lowest BCUT2D eigenvalue weighted by molar-refractivity contribution is 1.11. The average molecular weight is 380 g/mol. The van der Waals surface area contributed by atoms with Crippen LogP contribution >= 0.6 is 31.9 Å². The maximum Gasteiger partial charge on any atom is 0.0991 e. The number of aryl methyl sites for hydroxylation is 1. The molecule has 1 N–H and O–H groups in total. The van der Waals surface area contributed by atoms with E-state index in [2.05, 4.69) is 43.2 Å². The van der Waals surface area contributed by atoms with Gasteiger partial charge >= 0.3 is 0 Å². The second kappa shape index (κ2) is 6.23. The summed E-state index contributed by atoms with van der Waals surface area (Å²) in [6, 6.07) is 13.9. The van der Waals surface area contributed by atoms with Crippen LogP contribution in [-0.2, 0) is 6.54 Å². The number of halogens is 2. The van der Waals surface area contributed by atoms with Gasteiger partial charge in [-0.2, -0.15) is 5.26 Å². The lowest BCUT2D eigenvalue weighted by atomic mass is 10.1. The minimum Gasteiger partial charge on any atom is -0.379 e. The molecule has 0 unspecified atom stereocenters. The van der Waals surface area contributed by atoms with Crippen LogP contribution in [0.25, 0.3) is 0 Å². The molecule has 2 nitrogen and oxygen atoms in total. The Morgan fingerprint density at radius 1 is 1.16 bits per heavy atom. The zero-order valence-corrected chi connectivity index (χ0v) is 13.5. The van der Waals surface area contributed by atoms with Gasteiger partial charge in [0.1, 0.15) is 0 Å². The molecule has 0 fully saturated rings. The van der Waals surface area contributed by atoms with Crippen molar-refractivity contribution in [1.29, 1.82) is 5.26 Å². The molecule has 96 valence electrons. The van der Waals surface area contributed by atoms with E-state index < -0.39 is 0 Å². The summed E-state index contributed by atoms with van der Waals surface area (Å²) in [5, 5.41) is 12.3. The fourth-order valence-corrected chi connectivity index (χ4v) is 3.09. The number of rotatable bonds is 3. The van der Waals surface area contributed by atoms with Gasteiger partial charge in [0.25, 0.3) is 0 Å². The number of anilines is 1. The van der Waals surface area contributed by atoms with E-state index in [1.165, 1.54) is 5.56 Å². The van der Waals surface area contributed by atoms with Crippen LogP contribution in [-0.4, -0.2) is 0 Å². The van der Waals surface area contributed by atoms with Gasteiger partial charge in [-0.25, -0.2) is 0 Å². The zero-order chi connectivity index (χ0) is 13.8. The van der Waals surface area contributed by atoms with Crippen LogP contribution in [0.4, 0.5) is 5.69 Å². The molecule has 0 heterocycles. The van der Waals surface area contributed by atoms with Crippen molar-refractivity contribution < 1.29 is 0 Å². The van der Waals surface area contributed by atoms with Crippen molar-refractivity contribution in [3.63, 3.8) is 0 Å². The zero-order valence-electron chi connectivity index (χ0n) is 10.4. The van der Waals surface area contributed by atoms with Crippen molar-refractivity contribution in [2.24, 2.45) is 0 Å². The Hall–Kier alpha value is -1.31. The normalized spacial score (nSPS) is 10.0. The number of hydrogen-bond donors (Lipinski definition) is 1. The third kappa shape index (κ3) is 3.37. The predicted molar refractivity (Wildman–Crippen MR) is 85.1 cm³/mol. The van der Waals surface area contributed by atoms with Crippen LogP contribution in [0.3, 0.4) is 0 Å². The van der Waals surface area contributed by atoms with Crippen molar-refractivity contribution in [2.45, 2.75) is 13.5 Å². The number of nitrogens with zero attached hydrogens (tertiary/aromatic N) is 1. The van der Waals surface area contributed by atoms with Crippen molar-refractivity contribution in [3.8, 4) is 6.07 Å². The predicted octanol–water partition coefficient (Wildman–Crippen LogP) is 5.00. The first-order valence-electron chi connectivity index (χ1n) is 5.79. The molecule has 0 saturated carbocycles. The molecule has 0 saturated heterocycles. The average Bonchev–Trinajstić information content (AvgIpc) is 2.39. The Morgan fingerprint density at radius 3 is 2.42 bits per heavy atom. The third-order valence-corrected chi connectivity index (χ3v) is 4.21. The number of para-hydroxylation sites is 1. The minimum absolute atomic E-state index is 0.698. The van der Waals surface area contributed by atoms with Gasteiger partial charge in [0, 0.05) is 15.5 Å². The second-order valence-electron chi connectivity index (χ2n) is 4.20. The highest BCUT2D eigenvalue weighted by molar-refractivity contribution is 9.11. The van der Waals surface area contributed by atoms with E-state index >= 15 is 0 Å². The summed E-state index contributed by atoms with van der Waals surface area (Å²) in [7, 11) is 0. The van der Waals surface area contributed by atoms with E-state index in [4.69, 9.17) is 5.26 Å². The fraction of sp³-hybridized carbons (Fsp3) is 0.133. The van der Waals surface area contributed by atoms with Crippen LogP contribution in [0, 0.1) is 18.3 Å². The van der Waals surface area contributed by atoms with E-state index in [-0.39, 0.29) is 0 Å². The maximum atomic E-state index is 8.86. The largest absolute Gasteiger partial charge is 0.379 e. The molecule has 2 rings (SSSR count). The van der Waals surface area contributed by atoms with E-state index in [0.717, 1.165) is 26.7 Å². The highest BCUT2D eigenvalue weighted by atomic mass is 79.9. The molecule has 0 radical (unpaired) electrons. The van der Waals surface area contributed by atoms with Gasteiger partial charge in [-0.1, -0.05) is 12.1 Å². The van der Waals surface area contributed by atoms with Crippen molar-refractivity contribution in [1.82, 2.24) is 0 Å². The molecule has 2 aromatic carbocycles. The maximum absolute atomic E-state index is 8.86. The van der Waals surface area contributed by atoms with Crippen LogP contribution in [0.15, 0.2) is 45.3 Å². The van der Waals surface area contributed by atoms with Gasteiger partial charge < -0.3 is 5.32 Å². The number of nitriles is 1. The summed E-state index contributed by atoms with van der Waals surface area (Å²) in [5.41, 5.74) is 4.03. The topological polar surface area (TPSA) is 35.8 Å². The molecule has 19 heavy (non-hydrogen) atoms. The van der Waals surface area contributed by atoms with E-state index in [9.17, 15) is 0 Å². The smallest absolute Gasteiger partial charge is 0.0991 e. The molecule has 0 spiro atoms. The summed E-state index contributed by atoms with van der Waals surface area (Å²) in [6.45, 7) is 2.74. The Morgan fingerprint density at radius 2 is 1.84 bits per heavy atom. The fourth-order valence-electron chi connectivity index (χ4n) is 1.81. The van der Waals surface area contributed by atoms with Crippen LogP contribution < -0.4 is 5.32 Å². The molecule has 2 aromatic rings. The molecular weight excluding hydrogens is 368 g/mol. The first kappa shape index (κ1) is 14.1. The summed E-state index contributed by atoms with van der Waals surface area (Å²) >= 11 is 7.05. The monoisotopic (exact) mass is 378 g/mol. The van der Waals surface area contributed by atoms with E-state index in [0.29, 0.717) is 5.56 Å². The second-order valence-corrected chi connectivity index (χ2v) is 5.91. The molecular formula is C15H12Br2N2. The molecule has 0 aromatic heterocycles. The van der Waals surface area contributed by atoms with Crippen LogP contribution in [0.2, 0.25) is 0 Å². The highest BCUT2D eigenvalue weighted by Crippen LogP contribution is 2.31. The van der Waals surface area contributed by atoms with Crippen molar-refractivity contribution >= 4 is 37.5 Å². The van der Waals surface area contributed by atoms with Crippen LogP contribution in [0.5, 0.6) is 0 Å². The summed E-state index contributed by atoms with van der Waals surface area (Å²) in [4.78, 5) is 0. The molecule has 0 bridgehead atoms. The van der Waals surface area contributed by atoms with Gasteiger partial charge in [-0.15, -0.1) is 0 Å².